The van der Waals surface area contributed by atoms with Gasteiger partial charge in [-0.3, -0.25) is 0 Å². The number of hydrogen-bond acceptors (Lipinski definition) is 2. The number of aromatic hydroxyl groups is 1. The maximum absolute atomic E-state index is 13.7. The van der Waals surface area contributed by atoms with Crippen molar-refractivity contribution >= 4 is 0 Å². The van der Waals surface area contributed by atoms with E-state index in [1.807, 2.05) is 6.07 Å². The molecule has 2 aromatic rings. The Kier molecular flexibility index (Phi) is 5.61. The van der Waals surface area contributed by atoms with E-state index in [9.17, 15) is 9.50 Å². The van der Waals surface area contributed by atoms with Crippen LogP contribution in [0.5, 0.6) is 17.2 Å². The first-order chi connectivity index (χ1) is 10.2. The number of para-hydroxylation sites is 2. The zero-order valence-corrected chi connectivity index (χ0v) is 12.3. The summed E-state index contributed by atoms with van der Waals surface area (Å²) in [7, 11) is 0. The van der Waals surface area contributed by atoms with Crippen molar-refractivity contribution in [3.05, 3.63) is 53.8 Å². The molecule has 0 bridgehead atoms. The molecular formula is C18H21FO2. The van der Waals surface area contributed by atoms with Gasteiger partial charge in [0.15, 0.2) is 23.1 Å². The third kappa shape index (κ3) is 4.22. The predicted octanol–water partition coefficient (Wildman–Crippen LogP) is 5.45. The Morgan fingerprint density at radius 2 is 1.81 bits per heavy atom. The number of benzene rings is 2. The third-order valence-corrected chi connectivity index (χ3v) is 3.42. The summed E-state index contributed by atoms with van der Waals surface area (Å²) in [6.07, 6.45) is 5.37. The maximum Gasteiger partial charge on any atom is 0.172 e. The molecule has 21 heavy (non-hydrogen) atoms. The van der Waals surface area contributed by atoms with Gasteiger partial charge in [0, 0.05) is 0 Å². The lowest BCUT2D eigenvalue weighted by atomic mass is 10.0. The topological polar surface area (TPSA) is 29.5 Å². The molecule has 112 valence electrons. The lowest BCUT2D eigenvalue weighted by Gasteiger charge is -2.13. The summed E-state index contributed by atoms with van der Waals surface area (Å²) in [5, 5.41) is 10.00. The van der Waals surface area contributed by atoms with Gasteiger partial charge in [0.05, 0.1) is 0 Å². The van der Waals surface area contributed by atoms with Crippen LogP contribution in [0.2, 0.25) is 0 Å². The van der Waals surface area contributed by atoms with Crippen molar-refractivity contribution < 1.29 is 14.2 Å². The average Bonchev–Trinajstić information content (AvgIpc) is 2.49. The number of phenolic OH excluding ortho intramolecular Hbond substituents is 1. The minimum Gasteiger partial charge on any atom is -0.504 e. The van der Waals surface area contributed by atoms with Crippen molar-refractivity contribution in [2.75, 3.05) is 0 Å². The SMILES string of the molecule is CCCCCCc1cccc(O)c1Oc1ccccc1F. The summed E-state index contributed by atoms with van der Waals surface area (Å²) in [5.74, 6) is 0.108. The zero-order valence-electron chi connectivity index (χ0n) is 12.3. The van der Waals surface area contributed by atoms with E-state index in [1.165, 1.54) is 18.9 Å². The number of phenols is 1. The largest absolute Gasteiger partial charge is 0.504 e. The number of hydrogen-bond donors (Lipinski definition) is 1. The van der Waals surface area contributed by atoms with Crippen LogP contribution in [0.3, 0.4) is 0 Å². The summed E-state index contributed by atoms with van der Waals surface area (Å²) in [6, 6.07) is 11.5. The van der Waals surface area contributed by atoms with Crippen molar-refractivity contribution in [2.45, 2.75) is 39.0 Å². The average molecular weight is 288 g/mol. The fraction of sp³-hybridized carbons (Fsp3) is 0.333. The molecule has 0 aliphatic rings. The molecule has 0 saturated heterocycles. The Labute approximate surface area is 125 Å². The fourth-order valence-corrected chi connectivity index (χ4v) is 2.27. The van der Waals surface area contributed by atoms with Gasteiger partial charge in [-0.2, -0.15) is 0 Å². The van der Waals surface area contributed by atoms with Gasteiger partial charge < -0.3 is 9.84 Å². The van der Waals surface area contributed by atoms with E-state index in [0.29, 0.717) is 5.75 Å². The fourth-order valence-electron chi connectivity index (χ4n) is 2.27. The Morgan fingerprint density at radius 3 is 2.57 bits per heavy atom. The van der Waals surface area contributed by atoms with E-state index >= 15 is 0 Å². The second-order valence-electron chi connectivity index (χ2n) is 5.11. The molecule has 0 atom stereocenters. The lowest BCUT2D eigenvalue weighted by Crippen LogP contribution is -1.95. The van der Waals surface area contributed by atoms with Crippen LogP contribution in [0.15, 0.2) is 42.5 Å². The number of rotatable bonds is 7. The van der Waals surface area contributed by atoms with Gasteiger partial charge in [-0.15, -0.1) is 0 Å². The molecule has 3 heteroatoms. The van der Waals surface area contributed by atoms with Crippen molar-refractivity contribution in [1.29, 1.82) is 0 Å². The van der Waals surface area contributed by atoms with Crippen LogP contribution in [0.4, 0.5) is 4.39 Å². The molecule has 0 spiro atoms. The van der Waals surface area contributed by atoms with Gasteiger partial charge in [0.2, 0.25) is 0 Å². The quantitative estimate of drug-likeness (QED) is 0.687. The van der Waals surface area contributed by atoms with Gasteiger partial charge in [0.1, 0.15) is 0 Å². The highest BCUT2D eigenvalue weighted by atomic mass is 19.1. The normalized spacial score (nSPS) is 10.6. The number of ether oxygens (including phenoxy) is 1. The minimum absolute atomic E-state index is 0.0474. The first kappa shape index (κ1) is 15.4. The van der Waals surface area contributed by atoms with Gasteiger partial charge in [-0.1, -0.05) is 50.5 Å². The van der Waals surface area contributed by atoms with Crippen LogP contribution >= 0.6 is 0 Å². The zero-order chi connectivity index (χ0) is 15.1. The predicted molar refractivity (Wildman–Crippen MR) is 82.4 cm³/mol. The Morgan fingerprint density at radius 1 is 1.00 bits per heavy atom. The number of aryl methyl sites for hydroxylation is 1. The Bertz CT molecular complexity index is 581. The first-order valence-corrected chi connectivity index (χ1v) is 7.45. The smallest absolute Gasteiger partial charge is 0.172 e. The van der Waals surface area contributed by atoms with Crippen molar-refractivity contribution in [2.24, 2.45) is 0 Å². The molecule has 0 unspecified atom stereocenters. The van der Waals surface area contributed by atoms with Crippen LogP contribution in [0, 0.1) is 5.82 Å². The van der Waals surface area contributed by atoms with E-state index in [1.54, 1.807) is 30.3 Å². The molecule has 0 heterocycles. The highest BCUT2D eigenvalue weighted by Gasteiger charge is 2.12. The molecule has 0 amide bonds. The second-order valence-corrected chi connectivity index (χ2v) is 5.11. The minimum atomic E-state index is -0.433. The van der Waals surface area contributed by atoms with Crippen LogP contribution in [0.25, 0.3) is 0 Å². The highest BCUT2D eigenvalue weighted by Crippen LogP contribution is 2.35. The lowest BCUT2D eigenvalue weighted by molar-refractivity contribution is 0.391. The van der Waals surface area contributed by atoms with Gasteiger partial charge >= 0.3 is 0 Å². The molecule has 0 saturated carbocycles. The summed E-state index contributed by atoms with van der Waals surface area (Å²) >= 11 is 0. The highest BCUT2D eigenvalue weighted by molar-refractivity contribution is 5.48. The molecule has 2 aromatic carbocycles. The summed E-state index contributed by atoms with van der Waals surface area (Å²) in [4.78, 5) is 0. The molecule has 0 radical (unpaired) electrons. The molecule has 0 fully saturated rings. The monoisotopic (exact) mass is 288 g/mol. The second kappa shape index (κ2) is 7.67. The van der Waals surface area contributed by atoms with Gasteiger partial charge in [0.25, 0.3) is 0 Å². The Hall–Kier alpha value is -2.03. The van der Waals surface area contributed by atoms with Crippen molar-refractivity contribution in [1.82, 2.24) is 0 Å². The van der Waals surface area contributed by atoms with Crippen LogP contribution in [-0.2, 0) is 6.42 Å². The summed E-state index contributed by atoms with van der Waals surface area (Å²) < 4.78 is 19.3. The Balaban J connectivity index is 2.16. The molecule has 0 aliphatic carbocycles. The molecule has 0 aromatic heterocycles. The first-order valence-electron chi connectivity index (χ1n) is 7.45. The van der Waals surface area contributed by atoms with Crippen molar-refractivity contribution in [3.8, 4) is 17.2 Å². The summed E-state index contributed by atoms with van der Waals surface area (Å²) in [5.41, 5.74) is 0.911. The maximum atomic E-state index is 13.7. The van der Waals surface area contributed by atoms with Gasteiger partial charge in [-0.25, -0.2) is 4.39 Å². The molecule has 1 N–H and O–H groups in total. The van der Waals surface area contributed by atoms with E-state index < -0.39 is 5.82 Å². The molecule has 0 aliphatic heterocycles. The van der Waals surface area contributed by atoms with E-state index in [0.717, 1.165) is 24.8 Å². The standard InChI is InChI=1S/C18H21FO2/c1-2-3-4-5-9-14-10-8-12-16(20)18(14)21-17-13-7-6-11-15(17)19/h6-8,10-13,20H,2-5,9H2,1H3. The summed E-state index contributed by atoms with van der Waals surface area (Å²) in [6.45, 7) is 2.17. The van der Waals surface area contributed by atoms with E-state index in [4.69, 9.17) is 4.74 Å². The van der Waals surface area contributed by atoms with Crippen LogP contribution in [0.1, 0.15) is 38.2 Å². The molecule has 2 nitrogen and oxygen atoms in total. The van der Waals surface area contributed by atoms with Crippen molar-refractivity contribution in [3.63, 3.8) is 0 Å². The molecule has 2 rings (SSSR count). The van der Waals surface area contributed by atoms with E-state index in [-0.39, 0.29) is 11.5 Å². The number of halogens is 1. The van der Waals surface area contributed by atoms with E-state index in [2.05, 4.69) is 6.92 Å². The molecular weight excluding hydrogens is 267 g/mol. The van der Waals surface area contributed by atoms with Crippen LogP contribution < -0.4 is 4.74 Å². The number of unbranched alkanes of at least 4 members (excludes halogenated alkanes) is 3. The van der Waals surface area contributed by atoms with Gasteiger partial charge in [-0.05, 0) is 36.6 Å². The van der Waals surface area contributed by atoms with Crippen LogP contribution in [-0.4, -0.2) is 5.11 Å². The third-order valence-electron chi connectivity index (χ3n) is 3.42.